The topological polar surface area (TPSA) is 310 Å². The van der Waals surface area contributed by atoms with Crippen molar-refractivity contribution < 1.29 is 29.0 Å². The Morgan fingerprint density at radius 1 is 0.506 bits per heavy atom. The van der Waals surface area contributed by atoms with Gasteiger partial charge in [0.05, 0.1) is 45.9 Å². The second kappa shape index (κ2) is 28.0. The highest BCUT2D eigenvalue weighted by atomic mass is 32.2. The van der Waals surface area contributed by atoms with Crippen LogP contribution in [0, 0.1) is 0 Å². The van der Waals surface area contributed by atoms with Crippen molar-refractivity contribution in [3.63, 3.8) is 0 Å². The first-order valence-corrected chi connectivity index (χ1v) is 29.7. The van der Waals surface area contributed by atoms with Gasteiger partial charge in [-0.1, -0.05) is 69.3 Å². The summed E-state index contributed by atoms with van der Waals surface area (Å²) >= 11 is 4.74. The molecule has 0 aliphatic rings. The van der Waals surface area contributed by atoms with Crippen LogP contribution in [0.25, 0.3) is 33.1 Å². The third kappa shape index (κ3) is 15.9. The van der Waals surface area contributed by atoms with E-state index in [2.05, 4.69) is 81.4 Å². The number of fused-ring (bicyclic) bond motifs is 3. The molecule has 0 atom stereocenters. The monoisotopic (exact) mass is 1210 g/mol. The Labute approximate surface area is 510 Å². The van der Waals surface area contributed by atoms with E-state index in [-0.39, 0.29) is 40.2 Å². The molecule has 7 N–H and O–H groups in total. The molecule has 0 fully saturated rings. The predicted octanol–water partition coefficient (Wildman–Crippen LogP) is 12.0. The summed E-state index contributed by atoms with van der Waals surface area (Å²) in [6.07, 6.45) is 12.9. The van der Waals surface area contributed by atoms with Crippen LogP contribution >= 0.6 is 35.3 Å². The lowest BCUT2D eigenvalue weighted by atomic mass is 9.85. The summed E-state index contributed by atoms with van der Waals surface area (Å²) in [5.41, 5.74) is 9.16. The third-order valence-electron chi connectivity index (χ3n) is 12.7. The number of pyridine rings is 1. The summed E-state index contributed by atoms with van der Waals surface area (Å²) < 4.78 is 5.12. The van der Waals surface area contributed by atoms with Crippen LogP contribution in [-0.2, 0) is 27.5 Å². The van der Waals surface area contributed by atoms with Crippen LogP contribution in [0.15, 0.2) is 192 Å². The van der Waals surface area contributed by atoms with Crippen molar-refractivity contribution in [3.05, 3.63) is 216 Å². The van der Waals surface area contributed by atoms with E-state index in [4.69, 9.17) is 4.74 Å². The molecule has 0 spiro atoms. The molecule has 436 valence electrons. The highest BCUT2D eigenvalue weighted by molar-refractivity contribution is 7.99. The van der Waals surface area contributed by atoms with Gasteiger partial charge in [-0.3, -0.25) is 39.5 Å². The van der Waals surface area contributed by atoms with E-state index in [1.54, 1.807) is 127 Å². The number of amides is 3. The Morgan fingerprint density at radius 3 is 1.41 bits per heavy atom. The largest absolute Gasteiger partial charge is 0.508 e. The van der Waals surface area contributed by atoms with E-state index < -0.39 is 5.97 Å². The molecule has 5 aromatic carbocycles. The highest BCUT2D eigenvalue weighted by Gasteiger charge is 2.21. The number of phenols is 1. The van der Waals surface area contributed by atoms with E-state index in [9.17, 15) is 24.3 Å². The van der Waals surface area contributed by atoms with E-state index in [0.29, 0.717) is 51.1 Å². The molecular formula is C62H54N16O6S3. The lowest BCUT2D eigenvalue weighted by Crippen LogP contribution is -2.16. The normalized spacial score (nSPS) is 11.0. The Hall–Kier alpha value is -10.4. The van der Waals surface area contributed by atoms with E-state index >= 15 is 0 Å². The van der Waals surface area contributed by atoms with Crippen molar-refractivity contribution in [3.8, 4) is 11.5 Å². The molecule has 87 heavy (non-hydrogen) atoms. The summed E-state index contributed by atoms with van der Waals surface area (Å²) in [5, 5.41) is 44.6. The quantitative estimate of drug-likeness (QED) is 0.0205. The number of anilines is 3. The minimum atomic E-state index is -0.481. The van der Waals surface area contributed by atoms with Gasteiger partial charge in [0, 0.05) is 64.8 Å². The van der Waals surface area contributed by atoms with Gasteiger partial charge in [0.2, 0.25) is 0 Å². The fraction of sp³-hybridized carbons (Fsp3) is 0.129. The molecule has 0 bridgehead atoms. The number of nitrogens with zero attached hydrogens (tertiary/aromatic N) is 10. The number of rotatable bonds is 16. The second-order valence-electron chi connectivity index (χ2n) is 20.1. The standard InChI is InChI=1S/C23H23N5O2S.C21H17N5O3S.C18H14N6OS/c1-23(2,3)18-10-15(7-8-19(18)29)21(30)27-16-6-4-5-14(9-16)12-31-22-17-11-26-28-20(17)24-13-25-22;1-13(27)29-18-8-3-2-7-16(18)20(28)25-15-6-4-5-14(9-15)11-30-21-17-10-24-26-19(17)22-12-23-21;25-17(13-4-2-6-19-8-13)23-14-5-1-3-12(7-14)10-26-18-15-9-22-24-16(15)20-11-21-18/h4-11,13,29H,12H2,1-3H3,(H,27,30)(H,24,25,26,28);2-10,12H,11H2,1H3,(H,25,28)(H,22,23,24,26);1-9,11H,10H2,(H,23,25)(H,20,21,22,24). The maximum Gasteiger partial charge on any atom is 0.308 e. The fourth-order valence-corrected chi connectivity index (χ4v) is 11.3. The molecule has 0 radical (unpaired) electrons. The van der Waals surface area contributed by atoms with Crippen LogP contribution in [0.5, 0.6) is 11.5 Å². The van der Waals surface area contributed by atoms with E-state index in [1.807, 2.05) is 87.5 Å². The zero-order chi connectivity index (χ0) is 60.7. The molecule has 7 aromatic heterocycles. The third-order valence-corrected chi connectivity index (χ3v) is 15.9. The van der Waals surface area contributed by atoms with Crippen molar-refractivity contribution in [1.29, 1.82) is 0 Å². The Kier molecular flexibility index (Phi) is 19.2. The van der Waals surface area contributed by atoms with Crippen LogP contribution in [0.1, 0.15) is 81.0 Å². The van der Waals surface area contributed by atoms with Crippen molar-refractivity contribution in [2.24, 2.45) is 0 Å². The number of carbonyl (C=O) groups excluding carboxylic acids is 4. The first-order chi connectivity index (χ1) is 42.2. The van der Waals surface area contributed by atoms with Gasteiger partial charge in [0.25, 0.3) is 17.7 Å². The molecule has 22 nitrogen and oxygen atoms in total. The molecule has 0 unspecified atom stereocenters. The fourth-order valence-electron chi connectivity index (χ4n) is 8.52. The Morgan fingerprint density at radius 2 is 0.966 bits per heavy atom. The molecule has 0 aliphatic heterocycles. The van der Waals surface area contributed by atoms with Crippen LogP contribution in [0.4, 0.5) is 17.1 Å². The van der Waals surface area contributed by atoms with Gasteiger partial charge >= 0.3 is 5.97 Å². The number of aromatic hydroxyl groups is 1. The van der Waals surface area contributed by atoms with Gasteiger partial charge in [-0.2, -0.15) is 15.3 Å². The molecule has 25 heteroatoms. The first kappa shape index (κ1) is 59.8. The number of benzene rings is 5. The molecular weight excluding hydrogens is 1160 g/mol. The number of aromatic amines is 3. The maximum absolute atomic E-state index is 12.8. The molecule has 0 aliphatic carbocycles. The van der Waals surface area contributed by atoms with Crippen LogP contribution in [0.2, 0.25) is 0 Å². The summed E-state index contributed by atoms with van der Waals surface area (Å²) in [5.74, 6) is 1.25. The van der Waals surface area contributed by atoms with Crippen LogP contribution in [-0.4, -0.2) is 94.3 Å². The van der Waals surface area contributed by atoms with Gasteiger partial charge in [0.15, 0.2) is 16.9 Å². The van der Waals surface area contributed by atoms with Crippen molar-refractivity contribution in [1.82, 2.24) is 65.5 Å². The van der Waals surface area contributed by atoms with Gasteiger partial charge in [0.1, 0.15) is 45.6 Å². The lowest BCUT2D eigenvalue weighted by molar-refractivity contribution is -0.131. The first-order valence-electron chi connectivity index (χ1n) is 26.7. The van der Waals surface area contributed by atoms with Crippen molar-refractivity contribution in [2.75, 3.05) is 16.0 Å². The maximum atomic E-state index is 12.8. The van der Waals surface area contributed by atoms with Crippen molar-refractivity contribution in [2.45, 2.75) is 65.4 Å². The van der Waals surface area contributed by atoms with Gasteiger partial charge in [-0.25, -0.2) is 29.9 Å². The highest BCUT2D eigenvalue weighted by Crippen LogP contribution is 2.33. The zero-order valence-corrected chi connectivity index (χ0v) is 49.5. The van der Waals surface area contributed by atoms with Crippen LogP contribution in [0.3, 0.4) is 0 Å². The number of esters is 1. The summed E-state index contributed by atoms with van der Waals surface area (Å²) in [6, 6.07) is 38.1. The number of phenolic OH excluding ortho intramolecular Hbond substituents is 1. The second-order valence-corrected chi connectivity index (χ2v) is 23.0. The number of carbonyl (C=O) groups is 4. The van der Waals surface area contributed by atoms with E-state index in [1.165, 1.54) is 25.9 Å². The average molecular weight is 1220 g/mol. The average Bonchev–Trinajstić information content (AvgIpc) is 4.34. The summed E-state index contributed by atoms with van der Waals surface area (Å²) in [6.45, 7) is 7.30. The van der Waals surface area contributed by atoms with Gasteiger partial charge < -0.3 is 25.8 Å². The number of ether oxygens (including phenoxy) is 1. The SMILES string of the molecule is CC(=O)Oc1ccccc1C(=O)Nc1cccc(CSc2ncnc3[nH]ncc23)c1.CC(C)(C)c1cc(C(=O)Nc2cccc(CSc3ncnc4[nH]ncc34)c2)ccc1O.O=C(Nc1cccc(CSc2ncnc3[nH]ncc23)c1)c1cccnc1. The lowest BCUT2D eigenvalue weighted by Gasteiger charge is -2.21. The molecule has 0 saturated heterocycles. The zero-order valence-electron chi connectivity index (χ0n) is 47.0. The van der Waals surface area contributed by atoms with Crippen molar-refractivity contribution >= 4 is 109 Å². The number of H-pyrrole nitrogens is 3. The summed E-state index contributed by atoms with van der Waals surface area (Å²) in [4.78, 5) is 78.4. The molecule has 12 aromatic rings. The van der Waals surface area contributed by atoms with Crippen LogP contribution < -0.4 is 20.7 Å². The van der Waals surface area contributed by atoms with Gasteiger partial charge in [-0.05, 0) is 101 Å². The Balaban J connectivity index is 0.000000145. The number of hydrogen-bond acceptors (Lipinski definition) is 19. The number of nitrogens with one attached hydrogen (secondary N) is 6. The smallest absolute Gasteiger partial charge is 0.308 e. The van der Waals surface area contributed by atoms with Gasteiger partial charge in [-0.15, -0.1) is 35.3 Å². The number of hydrogen-bond donors (Lipinski definition) is 7. The number of para-hydroxylation sites is 1. The number of aromatic nitrogens is 13. The minimum Gasteiger partial charge on any atom is -0.508 e. The molecule has 3 amide bonds. The minimum absolute atomic E-state index is 0.182. The van der Waals surface area contributed by atoms with E-state index in [0.717, 1.165) is 64.8 Å². The Bertz CT molecular complexity index is 4400. The summed E-state index contributed by atoms with van der Waals surface area (Å²) in [7, 11) is 0. The molecule has 7 heterocycles. The predicted molar refractivity (Wildman–Crippen MR) is 336 cm³/mol. The molecule has 0 saturated carbocycles. The molecule has 12 rings (SSSR count). The number of thioether (sulfide) groups is 3.